The lowest BCUT2D eigenvalue weighted by Gasteiger charge is -2.02. The van der Waals surface area contributed by atoms with Gasteiger partial charge in [-0.15, -0.1) is 0 Å². The summed E-state index contributed by atoms with van der Waals surface area (Å²) in [6, 6.07) is -0.0448. The fourth-order valence-corrected chi connectivity index (χ4v) is 1.21. The average Bonchev–Trinajstić information content (AvgIpc) is 2.27. The van der Waals surface area contributed by atoms with Crippen LogP contribution in [-0.2, 0) is 4.79 Å². The van der Waals surface area contributed by atoms with Crippen LogP contribution in [0.25, 0.3) is 0 Å². The monoisotopic (exact) mass is 268 g/mol. The highest BCUT2D eigenvalue weighted by atomic mass is 32.1. The van der Waals surface area contributed by atoms with E-state index in [9.17, 15) is 4.79 Å². The van der Waals surface area contributed by atoms with Gasteiger partial charge < -0.3 is 11.5 Å². The molecule has 100 valence electrons. The second kappa shape index (κ2) is 15.3. The SMILES string of the molecule is C.CCC(=O)C(N)CS.CCCC(N)CS. The zero-order valence-electron chi connectivity index (χ0n) is 9.65. The van der Waals surface area contributed by atoms with Gasteiger partial charge in [0.2, 0.25) is 0 Å². The number of Topliss-reactive ketones (excluding diaryl/α,β-unsaturated/α-hetero) is 1. The molecule has 0 rings (SSSR count). The van der Waals surface area contributed by atoms with Crippen LogP contribution in [-0.4, -0.2) is 29.4 Å². The van der Waals surface area contributed by atoms with Crippen molar-refractivity contribution in [3.63, 3.8) is 0 Å². The lowest BCUT2D eigenvalue weighted by atomic mass is 10.2. The Hall–Kier alpha value is 0.290. The van der Waals surface area contributed by atoms with Gasteiger partial charge in [0.25, 0.3) is 0 Å². The Morgan fingerprint density at radius 1 is 1.19 bits per heavy atom. The number of rotatable bonds is 6. The number of carbonyl (C=O) groups is 1. The lowest BCUT2D eigenvalue weighted by Crippen LogP contribution is -2.31. The molecule has 0 aromatic rings. The first-order valence-corrected chi connectivity index (χ1v) is 6.55. The Balaban J connectivity index is -0.000000200. The summed E-state index contributed by atoms with van der Waals surface area (Å²) < 4.78 is 0. The molecule has 4 N–H and O–H groups in total. The molecule has 16 heavy (non-hydrogen) atoms. The summed E-state index contributed by atoms with van der Waals surface area (Å²) in [5.74, 6) is 1.35. The van der Waals surface area contributed by atoms with E-state index in [0.717, 1.165) is 12.2 Å². The Morgan fingerprint density at radius 2 is 1.69 bits per heavy atom. The van der Waals surface area contributed by atoms with Crippen LogP contribution in [0.3, 0.4) is 0 Å². The summed E-state index contributed by atoms with van der Waals surface area (Å²) in [7, 11) is 0. The Kier molecular flexibility index (Phi) is 20.6. The molecule has 0 aromatic carbocycles. The smallest absolute Gasteiger partial charge is 0.150 e. The minimum atomic E-state index is -0.358. The van der Waals surface area contributed by atoms with Crippen LogP contribution < -0.4 is 11.5 Å². The van der Waals surface area contributed by atoms with E-state index in [1.807, 2.05) is 0 Å². The lowest BCUT2D eigenvalue weighted by molar-refractivity contribution is -0.119. The molecule has 0 saturated heterocycles. The minimum absolute atomic E-state index is 0. The van der Waals surface area contributed by atoms with Crippen molar-refractivity contribution in [3.05, 3.63) is 0 Å². The van der Waals surface area contributed by atoms with Gasteiger partial charge in [-0.2, -0.15) is 25.3 Å². The molecule has 0 radical (unpaired) electrons. The predicted octanol–water partition coefficient (Wildman–Crippen LogP) is 1.90. The molecule has 0 aliphatic rings. The molecule has 3 nitrogen and oxygen atoms in total. The van der Waals surface area contributed by atoms with E-state index in [1.165, 1.54) is 6.42 Å². The van der Waals surface area contributed by atoms with E-state index in [4.69, 9.17) is 11.5 Å². The number of thiol groups is 2. The van der Waals surface area contributed by atoms with Gasteiger partial charge in [0.05, 0.1) is 6.04 Å². The maximum absolute atomic E-state index is 10.6. The third kappa shape index (κ3) is 14.3. The normalized spacial score (nSPS) is 12.9. The van der Waals surface area contributed by atoms with E-state index in [2.05, 4.69) is 32.2 Å². The summed E-state index contributed by atoms with van der Waals surface area (Å²) in [5, 5.41) is 0. The van der Waals surface area contributed by atoms with E-state index >= 15 is 0 Å². The maximum Gasteiger partial charge on any atom is 0.150 e. The van der Waals surface area contributed by atoms with E-state index < -0.39 is 0 Å². The first-order chi connectivity index (χ1) is 7.03. The van der Waals surface area contributed by atoms with Crippen LogP contribution in [0.5, 0.6) is 0 Å². The quantitative estimate of drug-likeness (QED) is 0.556. The largest absolute Gasteiger partial charge is 0.327 e. The Morgan fingerprint density at radius 3 is 1.81 bits per heavy atom. The second-order valence-corrected chi connectivity index (χ2v) is 4.07. The molecule has 0 amide bonds. The number of ketones is 1. The molecular formula is C11H28N2OS2. The van der Waals surface area contributed by atoms with Gasteiger partial charge in [-0.05, 0) is 6.42 Å². The van der Waals surface area contributed by atoms with E-state index in [-0.39, 0.29) is 19.3 Å². The molecule has 0 aliphatic heterocycles. The molecule has 0 saturated carbocycles. The van der Waals surface area contributed by atoms with Crippen LogP contribution in [0, 0.1) is 0 Å². The zero-order chi connectivity index (χ0) is 12.3. The highest BCUT2D eigenvalue weighted by Gasteiger charge is 2.06. The topological polar surface area (TPSA) is 69.1 Å². The molecular weight excluding hydrogens is 240 g/mol. The van der Waals surface area contributed by atoms with E-state index in [1.54, 1.807) is 6.92 Å². The molecule has 0 bridgehead atoms. The molecule has 0 heterocycles. The first-order valence-electron chi connectivity index (χ1n) is 5.28. The number of carbonyl (C=O) groups excluding carboxylic acids is 1. The highest BCUT2D eigenvalue weighted by molar-refractivity contribution is 7.80. The van der Waals surface area contributed by atoms with Gasteiger partial charge in [-0.1, -0.05) is 27.7 Å². The molecule has 0 aliphatic carbocycles. The van der Waals surface area contributed by atoms with Crippen LogP contribution in [0.2, 0.25) is 0 Å². The third-order valence-electron chi connectivity index (χ3n) is 1.85. The van der Waals surface area contributed by atoms with Gasteiger partial charge in [0.1, 0.15) is 5.78 Å². The fraction of sp³-hybridized carbons (Fsp3) is 0.909. The van der Waals surface area contributed by atoms with Gasteiger partial charge in [-0.3, -0.25) is 4.79 Å². The summed E-state index contributed by atoms with van der Waals surface area (Å²) in [4.78, 5) is 10.6. The molecule has 2 atom stereocenters. The minimum Gasteiger partial charge on any atom is -0.327 e. The summed E-state index contributed by atoms with van der Waals surface area (Å²) in [5.41, 5.74) is 10.8. The number of nitrogens with two attached hydrogens (primary N) is 2. The predicted molar refractivity (Wildman–Crippen MR) is 80.6 cm³/mol. The van der Waals surface area contributed by atoms with Crippen molar-refractivity contribution >= 4 is 31.0 Å². The Bertz CT molecular complexity index is 157. The summed E-state index contributed by atoms with van der Waals surface area (Å²) in [6.45, 7) is 3.93. The van der Waals surface area contributed by atoms with Crippen molar-refractivity contribution < 1.29 is 4.79 Å². The van der Waals surface area contributed by atoms with Gasteiger partial charge in [0.15, 0.2) is 0 Å². The van der Waals surface area contributed by atoms with Crippen molar-refractivity contribution in [2.45, 2.75) is 52.6 Å². The van der Waals surface area contributed by atoms with Crippen molar-refractivity contribution in [2.24, 2.45) is 11.5 Å². The number of hydrogen-bond donors (Lipinski definition) is 4. The molecule has 0 fully saturated rings. The van der Waals surface area contributed by atoms with Crippen molar-refractivity contribution in [1.82, 2.24) is 0 Å². The average molecular weight is 268 g/mol. The molecule has 0 spiro atoms. The third-order valence-corrected chi connectivity index (χ3v) is 2.72. The maximum atomic E-state index is 10.6. The van der Waals surface area contributed by atoms with Crippen molar-refractivity contribution in [1.29, 1.82) is 0 Å². The summed E-state index contributed by atoms with van der Waals surface area (Å²) >= 11 is 7.89. The van der Waals surface area contributed by atoms with Crippen molar-refractivity contribution in [3.8, 4) is 0 Å². The standard InChI is InChI=1S/C5H11NOS.C5H13NS.CH4/c1-2-5(7)4(6)3-8;1-2-3-5(6)4-7;/h4,8H,2-3,6H2,1H3;5,7H,2-4,6H2,1H3;1H4. The van der Waals surface area contributed by atoms with Crippen LogP contribution in [0.1, 0.15) is 40.5 Å². The second-order valence-electron chi connectivity index (χ2n) is 3.34. The van der Waals surface area contributed by atoms with Gasteiger partial charge in [0, 0.05) is 24.0 Å². The first kappa shape index (κ1) is 21.6. The summed E-state index contributed by atoms with van der Waals surface area (Å²) in [6.07, 6.45) is 2.78. The molecule has 5 heteroatoms. The fourth-order valence-electron chi connectivity index (χ4n) is 0.826. The van der Waals surface area contributed by atoms with Crippen LogP contribution >= 0.6 is 25.3 Å². The van der Waals surface area contributed by atoms with Crippen LogP contribution in [0.4, 0.5) is 0 Å². The highest BCUT2D eigenvalue weighted by Crippen LogP contribution is 1.93. The molecule has 2 unspecified atom stereocenters. The van der Waals surface area contributed by atoms with Crippen LogP contribution in [0.15, 0.2) is 0 Å². The Labute approximate surface area is 112 Å². The zero-order valence-corrected chi connectivity index (χ0v) is 11.4. The van der Waals surface area contributed by atoms with Crippen molar-refractivity contribution in [2.75, 3.05) is 11.5 Å². The number of hydrogen-bond acceptors (Lipinski definition) is 5. The van der Waals surface area contributed by atoms with Gasteiger partial charge >= 0.3 is 0 Å². The van der Waals surface area contributed by atoms with E-state index in [0.29, 0.717) is 18.2 Å². The van der Waals surface area contributed by atoms with Gasteiger partial charge in [-0.25, -0.2) is 0 Å². The molecule has 0 aromatic heterocycles.